The van der Waals surface area contributed by atoms with Gasteiger partial charge in [-0.1, -0.05) is 86.6 Å². The zero-order valence-corrected chi connectivity index (χ0v) is 21.2. The summed E-state index contributed by atoms with van der Waals surface area (Å²) in [4.78, 5) is 3.77. The Hall–Kier alpha value is -5.12. The van der Waals surface area contributed by atoms with E-state index in [1.165, 1.54) is 22.3 Å². The Labute approximate surface area is 221 Å². The third kappa shape index (κ3) is 2.88. The number of rotatable bonds is 2. The fourth-order valence-corrected chi connectivity index (χ4v) is 6.35. The van der Waals surface area contributed by atoms with E-state index in [9.17, 15) is 5.26 Å². The summed E-state index contributed by atoms with van der Waals surface area (Å²) in [5.41, 5.74) is 11.1. The Morgan fingerprint density at radius 1 is 0.737 bits per heavy atom. The molecule has 3 nitrogen and oxygen atoms in total. The zero-order chi connectivity index (χ0) is 26.0. The average molecular weight is 486 g/mol. The van der Waals surface area contributed by atoms with Gasteiger partial charge in [-0.15, -0.1) is 0 Å². The molecule has 38 heavy (non-hydrogen) atoms. The number of fused-ring (bicyclic) bond motifs is 6. The number of benzene rings is 5. The highest BCUT2D eigenvalue weighted by Crippen LogP contribution is 2.50. The summed E-state index contributed by atoms with van der Waals surface area (Å²) in [6.07, 6.45) is 0. The molecular weight excluding hydrogens is 462 g/mol. The summed E-state index contributed by atoms with van der Waals surface area (Å²) in [7, 11) is 0. The summed E-state index contributed by atoms with van der Waals surface area (Å²) < 4.78 is 2.32. The number of hydrogen-bond acceptors (Lipinski definition) is 1. The first-order valence-electron chi connectivity index (χ1n) is 12.7. The highest BCUT2D eigenvalue weighted by Gasteiger charge is 2.35. The van der Waals surface area contributed by atoms with Gasteiger partial charge in [-0.2, -0.15) is 5.26 Å². The molecule has 1 aliphatic carbocycles. The zero-order valence-electron chi connectivity index (χ0n) is 21.2. The van der Waals surface area contributed by atoms with Gasteiger partial charge in [0.15, 0.2) is 5.69 Å². The van der Waals surface area contributed by atoms with Crippen LogP contribution in [0, 0.1) is 17.9 Å². The fourth-order valence-electron chi connectivity index (χ4n) is 6.35. The summed E-state index contributed by atoms with van der Waals surface area (Å²) in [5.74, 6) is 0. The van der Waals surface area contributed by atoms with Crippen LogP contribution < -0.4 is 0 Å². The summed E-state index contributed by atoms with van der Waals surface area (Å²) >= 11 is 0. The Morgan fingerprint density at radius 2 is 1.45 bits per heavy atom. The molecule has 3 heteroatoms. The van der Waals surface area contributed by atoms with Crippen LogP contribution in [-0.2, 0) is 5.41 Å². The Bertz CT molecular complexity index is 1990. The lowest BCUT2D eigenvalue weighted by Crippen LogP contribution is -2.15. The second-order valence-corrected chi connectivity index (χ2v) is 10.4. The van der Waals surface area contributed by atoms with E-state index in [1.54, 1.807) is 18.2 Å². The number of hydrogen-bond donors (Lipinski definition) is 0. The van der Waals surface area contributed by atoms with Crippen molar-refractivity contribution < 1.29 is 0 Å². The molecule has 0 saturated carbocycles. The monoisotopic (exact) mass is 485 g/mol. The molecule has 0 bridgehead atoms. The number of nitrogens with zero attached hydrogens (tertiary/aromatic N) is 3. The topological polar surface area (TPSA) is 33.1 Å². The van der Waals surface area contributed by atoms with Gasteiger partial charge in [0.25, 0.3) is 0 Å². The molecule has 178 valence electrons. The Kier molecular flexibility index (Phi) is 4.62. The number of nitriles is 1. The van der Waals surface area contributed by atoms with Crippen molar-refractivity contribution in [3.63, 3.8) is 0 Å². The van der Waals surface area contributed by atoms with Gasteiger partial charge in [-0.05, 0) is 58.1 Å². The third-order valence-corrected chi connectivity index (χ3v) is 8.08. The van der Waals surface area contributed by atoms with Crippen LogP contribution in [0.5, 0.6) is 0 Å². The molecule has 0 aliphatic heterocycles. The van der Waals surface area contributed by atoms with Crippen molar-refractivity contribution in [2.75, 3.05) is 0 Å². The minimum absolute atomic E-state index is 0.0951. The van der Waals surface area contributed by atoms with Crippen LogP contribution >= 0.6 is 0 Å². The van der Waals surface area contributed by atoms with E-state index in [0.717, 1.165) is 33.1 Å². The van der Waals surface area contributed by atoms with E-state index in [2.05, 4.69) is 102 Å². The molecule has 0 amide bonds. The van der Waals surface area contributed by atoms with E-state index in [4.69, 9.17) is 6.57 Å². The SMILES string of the molecule is [C-]#[N+]c1cccc(C#N)c1-c1cccc2c1c1ccccc1n2-c1ccc2c(c1)C(C)(C)c1ccccc1-2. The van der Waals surface area contributed by atoms with Gasteiger partial charge in [-0.25, -0.2) is 4.85 Å². The van der Waals surface area contributed by atoms with Crippen molar-refractivity contribution >= 4 is 27.5 Å². The van der Waals surface area contributed by atoms with Crippen molar-refractivity contribution in [3.8, 4) is 34.0 Å². The van der Waals surface area contributed by atoms with Crippen molar-refractivity contribution in [2.45, 2.75) is 19.3 Å². The first kappa shape index (κ1) is 22.1. The highest BCUT2D eigenvalue weighted by molar-refractivity contribution is 6.17. The molecule has 0 N–H and O–H groups in total. The Balaban J connectivity index is 1.56. The molecule has 7 rings (SSSR count). The maximum Gasteiger partial charge on any atom is 0.196 e. The maximum atomic E-state index is 9.92. The molecule has 0 fully saturated rings. The molecule has 0 saturated heterocycles. The number of para-hydroxylation sites is 1. The van der Waals surface area contributed by atoms with Crippen LogP contribution in [0.15, 0.2) is 103 Å². The van der Waals surface area contributed by atoms with Gasteiger partial charge in [0.05, 0.1) is 23.7 Å². The van der Waals surface area contributed by atoms with Gasteiger partial charge < -0.3 is 4.57 Å². The van der Waals surface area contributed by atoms with Crippen LogP contribution in [0.4, 0.5) is 5.69 Å². The molecule has 1 aromatic heterocycles. The molecule has 5 aromatic carbocycles. The molecule has 0 spiro atoms. The van der Waals surface area contributed by atoms with Crippen LogP contribution in [0.25, 0.3) is 54.6 Å². The van der Waals surface area contributed by atoms with E-state index in [1.807, 2.05) is 12.1 Å². The maximum absolute atomic E-state index is 9.92. The van der Waals surface area contributed by atoms with Crippen molar-refractivity contribution in [1.82, 2.24) is 4.57 Å². The van der Waals surface area contributed by atoms with E-state index >= 15 is 0 Å². The summed E-state index contributed by atoms with van der Waals surface area (Å²) in [6.45, 7) is 12.4. The summed E-state index contributed by atoms with van der Waals surface area (Å²) in [6, 6.07) is 37.8. The first-order valence-corrected chi connectivity index (χ1v) is 12.7. The van der Waals surface area contributed by atoms with Crippen LogP contribution in [0.3, 0.4) is 0 Å². The molecule has 1 heterocycles. The van der Waals surface area contributed by atoms with Gasteiger partial charge in [0.1, 0.15) is 0 Å². The lowest BCUT2D eigenvalue weighted by atomic mass is 9.82. The van der Waals surface area contributed by atoms with Crippen LogP contribution in [0.1, 0.15) is 30.5 Å². The smallest absolute Gasteiger partial charge is 0.196 e. The average Bonchev–Trinajstić information content (AvgIpc) is 3.42. The molecule has 0 atom stereocenters. The lowest BCUT2D eigenvalue weighted by Gasteiger charge is -2.22. The minimum Gasteiger partial charge on any atom is -0.309 e. The van der Waals surface area contributed by atoms with Gasteiger partial charge >= 0.3 is 0 Å². The van der Waals surface area contributed by atoms with Gasteiger partial charge in [0.2, 0.25) is 0 Å². The minimum atomic E-state index is -0.0951. The van der Waals surface area contributed by atoms with Gasteiger partial charge in [-0.3, -0.25) is 0 Å². The fraction of sp³-hybridized carbons (Fsp3) is 0.0857. The predicted molar refractivity (Wildman–Crippen MR) is 155 cm³/mol. The number of aromatic nitrogens is 1. The second-order valence-electron chi connectivity index (χ2n) is 10.4. The third-order valence-electron chi connectivity index (χ3n) is 8.08. The first-order chi connectivity index (χ1) is 18.5. The molecule has 1 aliphatic rings. The Morgan fingerprint density at radius 3 is 2.29 bits per heavy atom. The molecule has 6 aromatic rings. The van der Waals surface area contributed by atoms with Crippen LogP contribution in [-0.4, -0.2) is 4.57 Å². The van der Waals surface area contributed by atoms with E-state index < -0.39 is 0 Å². The quantitative estimate of drug-likeness (QED) is 0.225. The molecular formula is C35H23N3. The standard InChI is InChI=1S/C35H23N3/c1-35(2)28-14-6-4-11-24(28)25-19-18-23(20-29(25)35)38-31-16-7-5-12-26(31)34-27(13-9-17-32(34)38)33-22(21-36)10-8-15-30(33)37-3/h4-20H,1-2H3. The van der Waals surface area contributed by atoms with Crippen LogP contribution in [0.2, 0.25) is 0 Å². The normalized spacial score (nSPS) is 13.2. The largest absolute Gasteiger partial charge is 0.309 e. The summed E-state index contributed by atoms with van der Waals surface area (Å²) in [5, 5.41) is 12.1. The lowest BCUT2D eigenvalue weighted by molar-refractivity contribution is 0.660. The van der Waals surface area contributed by atoms with E-state index in [0.29, 0.717) is 16.8 Å². The highest BCUT2D eigenvalue weighted by atomic mass is 15.0. The second kappa shape index (κ2) is 7.94. The van der Waals surface area contributed by atoms with Crippen molar-refractivity contribution in [3.05, 3.63) is 131 Å². The van der Waals surface area contributed by atoms with Crippen molar-refractivity contribution in [2.24, 2.45) is 0 Å². The van der Waals surface area contributed by atoms with Crippen molar-refractivity contribution in [1.29, 1.82) is 5.26 Å². The predicted octanol–water partition coefficient (Wildman–Crippen LogP) is 9.18. The molecule has 0 radical (unpaired) electrons. The van der Waals surface area contributed by atoms with Gasteiger partial charge in [0, 0.05) is 33.0 Å². The molecule has 0 unspecified atom stereocenters. The van der Waals surface area contributed by atoms with E-state index in [-0.39, 0.29) is 5.41 Å².